The molecule has 0 saturated carbocycles. The van der Waals surface area contributed by atoms with Gasteiger partial charge in [-0.05, 0) is 42.9 Å². The smallest absolute Gasteiger partial charge is 0.264 e. The lowest BCUT2D eigenvalue weighted by Gasteiger charge is -2.16. The van der Waals surface area contributed by atoms with Crippen molar-refractivity contribution < 1.29 is 4.79 Å². The number of hydrogen-bond acceptors (Lipinski definition) is 6. The van der Waals surface area contributed by atoms with Gasteiger partial charge in [0.25, 0.3) is 5.56 Å². The van der Waals surface area contributed by atoms with Gasteiger partial charge in [-0.3, -0.25) is 18.8 Å². The number of anilines is 1. The molecule has 1 aliphatic rings. The summed E-state index contributed by atoms with van der Waals surface area (Å²) in [7, 11) is 1.72. The van der Waals surface area contributed by atoms with Gasteiger partial charge in [-0.2, -0.15) is 5.10 Å². The maximum Gasteiger partial charge on any atom is 0.264 e. The minimum absolute atomic E-state index is 0.134. The average Bonchev–Trinajstić information content (AvgIpc) is 3.37. The summed E-state index contributed by atoms with van der Waals surface area (Å²) >= 11 is 1.37. The van der Waals surface area contributed by atoms with E-state index in [9.17, 15) is 9.59 Å². The number of hydrogen-bond donors (Lipinski definition) is 1. The van der Waals surface area contributed by atoms with Crippen LogP contribution >= 0.6 is 11.3 Å². The number of rotatable bonds is 4. The number of amides is 1. The molecule has 3 heterocycles. The third-order valence-corrected chi connectivity index (χ3v) is 6.18. The molecule has 152 valence electrons. The SMILES string of the molecule is Cn1ncc2c(=O)n(CC(=O)Nc3nc(-c4ccc5c(c4)CCCC5)cs3)cnc21. The lowest BCUT2D eigenvalue weighted by molar-refractivity contribution is -0.116. The Kier molecular flexibility index (Phi) is 4.66. The van der Waals surface area contributed by atoms with E-state index < -0.39 is 0 Å². The molecule has 8 nitrogen and oxygen atoms in total. The largest absolute Gasteiger partial charge is 0.300 e. The normalized spacial score (nSPS) is 13.4. The molecular formula is C21H20N6O2S. The van der Waals surface area contributed by atoms with E-state index in [-0.39, 0.29) is 18.0 Å². The molecular weight excluding hydrogens is 400 g/mol. The minimum Gasteiger partial charge on any atom is -0.300 e. The Bertz CT molecular complexity index is 1320. The number of carbonyl (C=O) groups is 1. The summed E-state index contributed by atoms with van der Waals surface area (Å²) in [5.74, 6) is -0.325. The Balaban J connectivity index is 1.31. The van der Waals surface area contributed by atoms with Gasteiger partial charge in [0, 0.05) is 18.0 Å². The molecule has 0 unspecified atom stereocenters. The Morgan fingerprint density at radius 2 is 2.07 bits per heavy atom. The number of benzene rings is 1. The number of aromatic nitrogens is 5. The summed E-state index contributed by atoms with van der Waals surface area (Å²) < 4.78 is 2.80. The predicted molar refractivity (Wildman–Crippen MR) is 116 cm³/mol. The zero-order valence-electron chi connectivity index (χ0n) is 16.5. The third kappa shape index (κ3) is 3.41. The maximum atomic E-state index is 12.5. The van der Waals surface area contributed by atoms with Crippen molar-refractivity contribution in [1.82, 2.24) is 24.3 Å². The zero-order chi connectivity index (χ0) is 20.7. The van der Waals surface area contributed by atoms with E-state index in [0.29, 0.717) is 16.2 Å². The van der Waals surface area contributed by atoms with Crippen molar-refractivity contribution in [3.8, 4) is 11.3 Å². The second-order valence-electron chi connectivity index (χ2n) is 7.46. The monoisotopic (exact) mass is 420 g/mol. The van der Waals surface area contributed by atoms with Crippen LogP contribution in [0.1, 0.15) is 24.0 Å². The number of carbonyl (C=O) groups excluding carboxylic acids is 1. The Hall–Kier alpha value is -3.33. The quantitative estimate of drug-likeness (QED) is 0.548. The maximum absolute atomic E-state index is 12.5. The molecule has 0 spiro atoms. The van der Waals surface area contributed by atoms with Gasteiger partial charge in [0.05, 0.1) is 11.9 Å². The lowest BCUT2D eigenvalue weighted by atomic mass is 9.90. The fourth-order valence-electron chi connectivity index (χ4n) is 3.85. The van der Waals surface area contributed by atoms with Gasteiger partial charge in [-0.15, -0.1) is 11.3 Å². The summed E-state index contributed by atoms with van der Waals surface area (Å²) in [5, 5.41) is 9.65. The topological polar surface area (TPSA) is 94.7 Å². The van der Waals surface area contributed by atoms with Gasteiger partial charge in [0.1, 0.15) is 18.3 Å². The van der Waals surface area contributed by atoms with Crippen LogP contribution in [0, 0.1) is 0 Å². The van der Waals surface area contributed by atoms with E-state index in [4.69, 9.17) is 0 Å². The van der Waals surface area contributed by atoms with Crippen molar-refractivity contribution in [2.45, 2.75) is 32.2 Å². The standard InChI is InChI=1S/C21H20N6O2S/c1-26-19-16(9-23-26)20(29)27(12-22-19)10-18(28)25-21-24-17(11-30-21)15-7-6-13-4-2-3-5-14(13)8-15/h6-9,11-12H,2-5,10H2,1H3,(H,24,25,28). The van der Waals surface area contributed by atoms with Gasteiger partial charge in [0.2, 0.25) is 5.91 Å². The van der Waals surface area contributed by atoms with Crippen LogP contribution in [0.25, 0.3) is 22.3 Å². The van der Waals surface area contributed by atoms with Crippen LogP contribution in [0.4, 0.5) is 5.13 Å². The molecule has 0 bridgehead atoms. The summed E-state index contributed by atoms with van der Waals surface area (Å²) in [6.07, 6.45) is 7.57. The summed E-state index contributed by atoms with van der Waals surface area (Å²) in [6.45, 7) is -0.134. The zero-order valence-corrected chi connectivity index (χ0v) is 17.3. The van der Waals surface area contributed by atoms with Gasteiger partial charge in [-0.1, -0.05) is 12.1 Å². The van der Waals surface area contributed by atoms with Crippen LogP contribution in [0.5, 0.6) is 0 Å². The van der Waals surface area contributed by atoms with Crippen molar-refractivity contribution >= 4 is 33.4 Å². The van der Waals surface area contributed by atoms with Crippen LogP contribution in [0.2, 0.25) is 0 Å². The molecule has 0 aliphatic heterocycles. The fraction of sp³-hybridized carbons (Fsp3) is 0.286. The van der Waals surface area contributed by atoms with Crippen molar-refractivity contribution in [2.75, 3.05) is 5.32 Å². The molecule has 1 aliphatic carbocycles. The highest BCUT2D eigenvalue weighted by Gasteiger charge is 2.14. The Morgan fingerprint density at radius 1 is 1.23 bits per heavy atom. The molecule has 5 rings (SSSR count). The molecule has 4 aromatic rings. The first-order valence-corrected chi connectivity index (χ1v) is 10.7. The second kappa shape index (κ2) is 7.49. The van der Waals surface area contributed by atoms with Crippen molar-refractivity contribution in [3.63, 3.8) is 0 Å². The molecule has 9 heteroatoms. The number of nitrogens with zero attached hydrogens (tertiary/aromatic N) is 5. The third-order valence-electron chi connectivity index (χ3n) is 5.43. The van der Waals surface area contributed by atoms with E-state index in [1.165, 1.54) is 57.1 Å². The highest BCUT2D eigenvalue weighted by Crippen LogP contribution is 2.29. The first-order chi connectivity index (χ1) is 14.6. The Morgan fingerprint density at radius 3 is 2.93 bits per heavy atom. The fourth-order valence-corrected chi connectivity index (χ4v) is 4.59. The summed E-state index contributed by atoms with van der Waals surface area (Å²) in [6, 6.07) is 6.50. The molecule has 3 aromatic heterocycles. The minimum atomic E-state index is -0.325. The lowest BCUT2D eigenvalue weighted by Crippen LogP contribution is -2.27. The molecule has 1 N–H and O–H groups in total. The van der Waals surface area contributed by atoms with E-state index >= 15 is 0 Å². The molecule has 0 saturated heterocycles. The predicted octanol–water partition coefficient (Wildman–Crippen LogP) is 2.77. The van der Waals surface area contributed by atoms with Crippen molar-refractivity contribution in [3.05, 3.63) is 57.6 Å². The second-order valence-corrected chi connectivity index (χ2v) is 8.32. The number of aryl methyl sites for hydroxylation is 3. The van der Waals surface area contributed by atoms with Crippen molar-refractivity contribution in [1.29, 1.82) is 0 Å². The van der Waals surface area contributed by atoms with Crippen molar-refractivity contribution in [2.24, 2.45) is 7.05 Å². The first-order valence-electron chi connectivity index (χ1n) is 9.83. The van der Waals surface area contributed by atoms with Gasteiger partial charge >= 0.3 is 0 Å². The van der Waals surface area contributed by atoms with Crippen LogP contribution in [0.15, 0.2) is 40.9 Å². The molecule has 0 atom stereocenters. The molecule has 0 fully saturated rings. The van der Waals surface area contributed by atoms with Crippen LogP contribution in [0.3, 0.4) is 0 Å². The first kappa shape index (κ1) is 18.7. The Labute approximate surface area is 176 Å². The highest BCUT2D eigenvalue weighted by atomic mass is 32.1. The van der Waals surface area contributed by atoms with E-state index in [0.717, 1.165) is 24.1 Å². The number of thiazole rings is 1. The van der Waals surface area contributed by atoms with Gasteiger partial charge < -0.3 is 5.32 Å². The van der Waals surface area contributed by atoms with Crippen LogP contribution in [-0.2, 0) is 31.2 Å². The average molecular weight is 420 g/mol. The van der Waals surface area contributed by atoms with Gasteiger partial charge in [-0.25, -0.2) is 9.97 Å². The van der Waals surface area contributed by atoms with E-state index in [1.54, 1.807) is 7.05 Å². The molecule has 30 heavy (non-hydrogen) atoms. The van der Waals surface area contributed by atoms with Crippen LogP contribution in [-0.4, -0.2) is 30.2 Å². The van der Waals surface area contributed by atoms with E-state index in [2.05, 4.69) is 38.6 Å². The summed E-state index contributed by atoms with van der Waals surface area (Å²) in [5.41, 5.74) is 4.94. The number of nitrogens with one attached hydrogen (secondary N) is 1. The molecule has 1 aromatic carbocycles. The van der Waals surface area contributed by atoms with Gasteiger partial charge in [0.15, 0.2) is 10.8 Å². The molecule has 1 amide bonds. The highest BCUT2D eigenvalue weighted by molar-refractivity contribution is 7.14. The number of fused-ring (bicyclic) bond motifs is 2. The molecule has 0 radical (unpaired) electrons. The van der Waals surface area contributed by atoms with E-state index in [1.807, 2.05) is 5.38 Å². The summed E-state index contributed by atoms with van der Waals surface area (Å²) in [4.78, 5) is 33.7. The van der Waals surface area contributed by atoms with Crippen LogP contribution < -0.4 is 10.9 Å².